The van der Waals surface area contributed by atoms with Crippen LogP contribution in [0, 0.1) is 0 Å². The summed E-state index contributed by atoms with van der Waals surface area (Å²) >= 11 is 0. The van der Waals surface area contributed by atoms with E-state index in [-0.39, 0.29) is 23.9 Å². The van der Waals surface area contributed by atoms with Crippen LogP contribution in [0.1, 0.15) is 46.3 Å². The molecule has 0 amide bonds. The van der Waals surface area contributed by atoms with Crippen molar-refractivity contribution in [3.8, 4) is 5.88 Å². The average Bonchev–Trinajstić information content (AvgIpc) is 3.17. The Morgan fingerprint density at radius 3 is 2.67 bits per heavy atom. The molecule has 0 atom stereocenters. The predicted octanol–water partition coefficient (Wildman–Crippen LogP) is 3.47. The highest BCUT2D eigenvalue weighted by Crippen LogP contribution is 2.29. The molecule has 0 aliphatic carbocycles. The van der Waals surface area contributed by atoms with E-state index in [0.717, 1.165) is 30.7 Å². The summed E-state index contributed by atoms with van der Waals surface area (Å²) in [4.78, 5) is 24.9. The van der Waals surface area contributed by atoms with Crippen molar-refractivity contribution in [2.45, 2.75) is 31.4 Å². The van der Waals surface area contributed by atoms with E-state index in [9.17, 15) is 18.0 Å². The van der Waals surface area contributed by atoms with Gasteiger partial charge in [-0.2, -0.15) is 13.2 Å². The van der Waals surface area contributed by atoms with Crippen LogP contribution in [0.25, 0.3) is 5.65 Å². The Morgan fingerprint density at radius 1 is 1.20 bits per heavy atom. The van der Waals surface area contributed by atoms with Crippen molar-refractivity contribution in [3.05, 3.63) is 53.4 Å². The standard InChI is InChI=1S/C20H19F3N4O3/c1-29-19-18-26-15(12-5-7-30-8-6-12)11-27(18)10-13(24-19)9-16(28)14-3-2-4-17(25-14)20(21,22)23/h2-4,10-12H,5-9H2,1H3. The summed E-state index contributed by atoms with van der Waals surface area (Å²) in [6.45, 7) is 1.36. The van der Waals surface area contributed by atoms with Gasteiger partial charge in [0.05, 0.1) is 24.9 Å². The monoisotopic (exact) mass is 420 g/mol. The van der Waals surface area contributed by atoms with Crippen LogP contribution in [0.2, 0.25) is 0 Å². The first-order valence-corrected chi connectivity index (χ1v) is 9.43. The van der Waals surface area contributed by atoms with Crippen molar-refractivity contribution in [3.63, 3.8) is 0 Å². The summed E-state index contributed by atoms with van der Waals surface area (Å²) in [5.74, 6) is -0.0573. The first-order valence-electron chi connectivity index (χ1n) is 9.43. The Labute approximate surface area is 169 Å². The van der Waals surface area contributed by atoms with Crippen molar-refractivity contribution in [2.75, 3.05) is 20.3 Å². The Bertz CT molecular complexity index is 1070. The molecule has 0 N–H and O–H groups in total. The molecule has 0 unspecified atom stereocenters. The molecule has 158 valence electrons. The number of rotatable bonds is 5. The maximum absolute atomic E-state index is 12.9. The Kier molecular flexibility index (Phi) is 5.42. The highest BCUT2D eigenvalue weighted by atomic mass is 19.4. The number of imidazole rings is 1. The van der Waals surface area contributed by atoms with Crippen molar-refractivity contribution < 1.29 is 27.4 Å². The molecule has 3 aromatic heterocycles. The summed E-state index contributed by atoms with van der Waals surface area (Å²) in [5, 5.41) is 0. The van der Waals surface area contributed by atoms with Crippen LogP contribution in [0.15, 0.2) is 30.6 Å². The largest absolute Gasteiger partial charge is 0.478 e. The van der Waals surface area contributed by atoms with Crippen LogP contribution in [-0.4, -0.2) is 45.5 Å². The Balaban J connectivity index is 1.62. The number of halogens is 3. The van der Waals surface area contributed by atoms with Gasteiger partial charge in [0.15, 0.2) is 5.78 Å². The number of hydrogen-bond donors (Lipinski definition) is 0. The van der Waals surface area contributed by atoms with Crippen LogP contribution in [0.5, 0.6) is 5.88 Å². The van der Waals surface area contributed by atoms with Gasteiger partial charge in [0.1, 0.15) is 11.4 Å². The summed E-state index contributed by atoms with van der Waals surface area (Å²) < 4.78 is 51.0. The van der Waals surface area contributed by atoms with E-state index >= 15 is 0 Å². The van der Waals surface area contributed by atoms with Crippen LogP contribution in [0.3, 0.4) is 0 Å². The van der Waals surface area contributed by atoms with E-state index in [1.54, 1.807) is 10.6 Å². The van der Waals surface area contributed by atoms with Gasteiger partial charge in [-0.15, -0.1) is 0 Å². The van der Waals surface area contributed by atoms with Gasteiger partial charge in [0, 0.05) is 31.5 Å². The highest BCUT2D eigenvalue weighted by Gasteiger charge is 2.33. The predicted molar refractivity (Wildman–Crippen MR) is 99.6 cm³/mol. The van der Waals surface area contributed by atoms with Crippen LogP contribution in [0.4, 0.5) is 13.2 Å². The van der Waals surface area contributed by atoms with Crippen molar-refractivity contribution >= 4 is 11.4 Å². The summed E-state index contributed by atoms with van der Waals surface area (Å²) in [5.41, 5.74) is 0.387. The number of hydrogen-bond acceptors (Lipinski definition) is 6. The Hall–Kier alpha value is -3.01. The molecule has 0 aromatic carbocycles. The molecule has 1 saturated heterocycles. The van der Waals surface area contributed by atoms with E-state index < -0.39 is 17.7 Å². The van der Waals surface area contributed by atoms with Gasteiger partial charge < -0.3 is 13.9 Å². The fourth-order valence-corrected chi connectivity index (χ4v) is 3.45. The number of aromatic nitrogens is 4. The van der Waals surface area contributed by atoms with Crippen molar-refractivity contribution in [2.24, 2.45) is 0 Å². The number of fused-ring (bicyclic) bond motifs is 1. The summed E-state index contributed by atoms with van der Waals surface area (Å²) in [6, 6.07) is 3.25. The molecule has 0 spiro atoms. The molecule has 1 aliphatic rings. The number of methoxy groups -OCH3 is 1. The topological polar surface area (TPSA) is 78.6 Å². The van der Waals surface area contributed by atoms with Gasteiger partial charge in [-0.3, -0.25) is 4.79 Å². The number of ether oxygens (including phenoxy) is 2. The molecule has 1 aliphatic heterocycles. The lowest BCUT2D eigenvalue weighted by Gasteiger charge is -2.19. The van der Waals surface area contributed by atoms with Gasteiger partial charge in [-0.05, 0) is 25.0 Å². The molecule has 0 bridgehead atoms. The third-order valence-corrected chi connectivity index (χ3v) is 4.98. The van der Waals surface area contributed by atoms with Gasteiger partial charge in [0.2, 0.25) is 5.65 Å². The molecular weight excluding hydrogens is 401 g/mol. The maximum Gasteiger partial charge on any atom is 0.433 e. The van der Waals surface area contributed by atoms with Crippen LogP contribution >= 0.6 is 0 Å². The van der Waals surface area contributed by atoms with E-state index in [0.29, 0.717) is 24.6 Å². The second kappa shape index (κ2) is 8.02. The highest BCUT2D eigenvalue weighted by molar-refractivity contribution is 5.95. The fraction of sp³-hybridized carbons (Fsp3) is 0.400. The van der Waals surface area contributed by atoms with Gasteiger partial charge in [-0.25, -0.2) is 15.0 Å². The smallest absolute Gasteiger partial charge is 0.433 e. The first-order chi connectivity index (χ1) is 14.3. The number of carbonyl (C=O) groups excluding carboxylic acids is 1. The molecule has 1 fully saturated rings. The number of nitrogens with zero attached hydrogens (tertiary/aromatic N) is 4. The molecule has 0 radical (unpaired) electrons. The average molecular weight is 420 g/mol. The number of pyridine rings is 1. The number of alkyl halides is 3. The minimum absolute atomic E-state index is 0.217. The first kappa shape index (κ1) is 20.3. The molecule has 7 nitrogen and oxygen atoms in total. The molecule has 3 aromatic rings. The minimum atomic E-state index is -4.62. The fourth-order valence-electron chi connectivity index (χ4n) is 3.45. The molecular formula is C20H19F3N4O3. The maximum atomic E-state index is 12.9. The zero-order valence-corrected chi connectivity index (χ0v) is 16.1. The minimum Gasteiger partial charge on any atom is -0.478 e. The van der Waals surface area contributed by atoms with Crippen LogP contribution in [-0.2, 0) is 17.3 Å². The molecule has 0 saturated carbocycles. The normalized spacial score (nSPS) is 15.5. The number of carbonyl (C=O) groups is 1. The summed E-state index contributed by atoms with van der Waals surface area (Å²) in [7, 11) is 1.45. The van der Waals surface area contributed by atoms with E-state index in [2.05, 4.69) is 15.0 Å². The molecule has 4 rings (SSSR count). The lowest BCUT2D eigenvalue weighted by atomic mass is 9.97. The molecule has 30 heavy (non-hydrogen) atoms. The zero-order valence-electron chi connectivity index (χ0n) is 16.1. The lowest BCUT2D eigenvalue weighted by molar-refractivity contribution is -0.141. The van der Waals surface area contributed by atoms with Crippen LogP contribution < -0.4 is 4.74 Å². The summed E-state index contributed by atoms with van der Waals surface area (Å²) in [6.07, 6.45) is 0.406. The number of ketones is 1. The zero-order chi connectivity index (χ0) is 21.3. The lowest BCUT2D eigenvalue weighted by Crippen LogP contribution is -2.14. The van der Waals surface area contributed by atoms with E-state index in [1.807, 2.05) is 6.20 Å². The van der Waals surface area contributed by atoms with Crippen molar-refractivity contribution in [1.82, 2.24) is 19.4 Å². The van der Waals surface area contributed by atoms with Gasteiger partial charge >= 0.3 is 6.18 Å². The number of Topliss-reactive ketones (excluding diaryl/α,β-unsaturated/α-hetero) is 1. The Morgan fingerprint density at radius 2 is 1.97 bits per heavy atom. The molecule has 4 heterocycles. The van der Waals surface area contributed by atoms with Gasteiger partial charge in [-0.1, -0.05) is 6.07 Å². The van der Waals surface area contributed by atoms with E-state index in [1.165, 1.54) is 13.2 Å². The molecule has 10 heteroatoms. The quantitative estimate of drug-likeness (QED) is 0.588. The second-order valence-electron chi connectivity index (χ2n) is 7.03. The third-order valence-electron chi connectivity index (χ3n) is 4.98. The van der Waals surface area contributed by atoms with Gasteiger partial charge in [0.25, 0.3) is 5.88 Å². The van der Waals surface area contributed by atoms with Crippen molar-refractivity contribution in [1.29, 1.82) is 0 Å². The third kappa shape index (κ3) is 4.13. The second-order valence-corrected chi connectivity index (χ2v) is 7.03. The van der Waals surface area contributed by atoms with E-state index in [4.69, 9.17) is 9.47 Å². The SMILES string of the molecule is COc1nc(CC(=O)c2cccc(C(F)(F)F)n2)cn2cc(C3CCOCC3)nc12.